The summed E-state index contributed by atoms with van der Waals surface area (Å²) in [5.41, 5.74) is -0.488. The molecule has 1 fully saturated rings. The fourth-order valence-corrected chi connectivity index (χ4v) is 2.88. The zero-order valence-electron chi connectivity index (χ0n) is 14.6. The van der Waals surface area contributed by atoms with Crippen LogP contribution >= 0.6 is 0 Å². The molecule has 0 aromatic rings. The summed E-state index contributed by atoms with van der Waals surface area (Å²) in [6.45, 7) is 9.00. The number of allylic oxidation sites excluding steroid dienone is 1. The van der Waals surface area contributed by atoms with Crippen LogP contribution in [0.5, 0.6) is 0 Å². The minimum absolute atomic E-state index is 0.0283. The van der Waals surface area contributed by atoms with Gasteiger partial charge in [-0.1, -0.05) is 0 Å². The van der Waals surface area contributed by atoms with Gasteiger partial charge in [0.1, 0.15) is 11.7 Å². The second-order valence-electron chi connectivity index (χ2n) is 7.12. The Balaban J connectivity index is 1.81. The molecule has 1 aliphatic carbocycles. The van der Waals surface area contributed by atoms with Crippen LogP contribution in [-0.2, 0) is 14.2 Å². The molecule has 0 saturated heterocycles. The van der Waals surface area contributed by atoms with Crippen molar-refractivity contribution in [3.05, 3.63) is 12.3 Å². The van der Waals surface area contributed by atoms with Crippen LogP contribution in [0.25, 0.3) is 0 Å². The van der Waals surface area contributed by atoms with Crippen molar-refractivity contribution in [3.63, 3.8) is 0 Å². The first-order chi connectivity index (χ1) is 10.9. The van der Waals surface area contributed by atoms with Gasteiger partial charge in [0.2, 0.25) is 0 Å². The van der Waals surface area contributed by atoms with Crippen molar-refractivity contribution in [3.8, 4) is 0 Å². The summed E-state index contributed by atoms with van der Waals surface area (Å²) in [7, 11) is 0. The number of alkyl carbamates (subject to hydrolysis) is 1. The van der Waals surface area contributed by atoms with Crippen LogP contribution in [0.15, 0.2) is 12.3 Å². The Labute approximate surface area is 138 Å². The monoisotopic (exact) mass is 326 g/mol. The third-order valence-corrected chi connectivity index (χ3v) is 4.01. The highest BCUT2D eigenvalue weighted by Crippen LogP contribution is 2.25. The number of ether oxygens (including phenoxy) is 3. The maximum absolute atomic E-state index is 11.9. The van der Waals surface area contributed by atoms with Gasteiger partial charge in [-0.25, -0.2) is 4.79 Å². The van der Waals surface area contributed by atoms with Crippen molar-refractivity contribution in [1.82, 2.24) is 10.6 Å². The highest BCUT2D eigenvalue weighted by molar-refractivity contribution is 5.68. The third kappa shape index (κ3) is 5.70. The molecular formula is C17H30N2O4. The van der Waals surface area contributed by atoms with Gasteiger partial charge in [0.25, 0.3) is 0 Å². The van der Waals surface area contributed by atoms with Crippen LogP contribution in [0.2, 0.25) is 0 Å². The molecule has 4 atom stereocenters. The fourth-order valence-electron chi connectivity index (χ4n) is 2.88. The van der Waals surface area contributed by atoms with Crippen LogP contribution < -0.4 is 10.6 Å². The van der Waals surface area contributed by atoms with Gasteiger partial charge in [-0.05, 0) is 53.0 Å². The summed E-state index contributed by atoms with van der Waals surface area (Å²) in [6.07, 6.45) is 6.61. The zero-order valence-corrected chi connectivity index (χ0v) is 14.6. The Hall–Kier alpha value is -1.27. The molecule has 2 aliphatic rings. The maximum Gasteiger partial charge on any atom is 0.407 e. The Morgan fingerprint density at radius 3 is 2.78 bits per heavy atom. The van der Waals surface area contributed by atoms with E-state index in [0.29, 0.717) is 6.61 Å². The van der Waals surface area contributed by atoms with Crippen LogP contribution in [-0.4, -0.2) is 49.1 Å². The molecule has 1 aliphatic heterocycles. The number of nitrogens with one attached hydrogen (secondary N) is 2. The van der Waals surface area contributed by atoms with E-state index in [-0.39, 0.29) is 30.4 Å². The molecule has 0 aromatic carbocycles. The van der Waals surface area contributed by atoms with Crippen LogP contribution in [0.1, 0.15) is 47.0 Å². The lowest BCUT2D eigenvalue weighted by atomic mass is 9.82. The Bertz CT molecular complexity index is 419. The van der Waals surface area contributed by atoms with Crippen LogP contribution in [0.3, 0.4) is 0 Å². The molecule has 6 nitrogen and oxygen atoms in total. The second-order valence-corrected chi connectivity index (χ2v) is 7.12. The van der Waals surface area contributed by atoms with E-state index in [2.05, 4.69) is 10.6 Å². The van der Waals surface area contributed by atoms with E-state index < -0.39 is 5.60 Å². The topological polar surface area (TPSA) is 68.8 Å². The molecule has 1 saturated carbocycles. The predicted molar refractivity (Wildman–Crippen MR) is 88.2 cm³/mol. The maximum atomic E-state index is 11.9. The Morgan fingerprint density at radius 1 is 1.39 bits per heavy atom. The van der Waals surface area contributed by atoms with E-state index in [1.54, 1.807) is 6.26 Å². The van der Waals surface area contributed by atoms with Crippen molar-refractivity contribution in [1.29, 1.82) is 0 Å². The lowest BCUT2D eigenvalue weighted by Crippen LogP contribution is -2.67. The van der Waals surface area contributed by atoms with E-state index in [0.717, 1.165) is 25.8 Å². The van der Waals surface area contributed by atoms with Gasteiger partial charge in [-0.3, -0.25) is 0 Å². The molecule has 2 N–H and O–H groups in total. The Kier molecular flexibility index (Phi) is 6.30. The van der Waals surface area contributed by atoms with E-state index in [4.69, 9.17) is 14.2 Å². The van der Waals surface area contributed by atoms with Crippen molar-refractivity contribution in [2.75, 3.05) is 13.2 Å². The van der Waals surface area contributed by atoms with E-state index in [1.807, 2.05) is 33.8 Å². The number of carbonyl (C=O) groups excluding carboxylic acids is 1. The van der Waals surface area contributed by atoms with Gasteiger partial charge in [-0.15, -0.1) is 0 Å². The molecule has 1 amide bonds. The molecule has 0 spiro atoms. The average molecular weight is 326 g/mol. The molecule has 4 unspecified atom stereocenters. The van der Waals surface area contributed by atoms with E-state index >= 15 is 0 Å². The molecule has 0 bridgehead atoms. The molecule has 0 radical (unpaired) electrons. The highest BCUT2D eigenvalue weighted by Gasteiger charge is 2.43. The first kappa shape index (κ1) is 18.1. The smallest absolute Gasteiger partial charge is 0.407 e. The predicted octanol–water partition coefficient (Wildman–Crippen LogP) is 2.34. The first-order valence-corrected chi connectivity index (χ1v) is 8.54. The number of rotatable bonds is 6. The normalized spacial score (nSPS) is 30.3. The molecular weight excluding hydrogens is 296 g/mol. The summed E-state index contributed by atoms with van der Waals surface area (Å²) in [6, 6.07) is 0.123. The quantitative estimate of drug-likeness (QED) is 0.784. The number of amides is 1. The minimum atomic E-state index is -0.488. The summed E-state index contributed by atoms with van der Waals surface area (Å²) in [5.74, 6) is 0. The fraction of sp³-hybridized carbons (Fsp3) is 0.824. The molecule has 132 valence electrons. The third-order valence-electron chi connectivity index (χ3n) is 4.01. The van der Waals surface area contributed by atoms with Gasteiger partial charge < -0.3 is 24.8 Å². The minimum Gasteiger partial charge on any atom is -0.497 e. The van der Waals surface area contributed by atoms with Crippen molar-refractivity contribution < 1.29 is 19.0 Å². The Morgan fingerprint density at radius 2 is 2.17 bits per heavy atom. The largest absolute Gasteiger partial charge is 0.497 e. The lowest BCUT2D eigenvalue weighted by molar-refractivity contribution is -0.0465. The highest BCUT2D eigenvalue weighted by atomic mass is 16.6. The lowest BCUT2D eigenvalue weighted by Gasteiger charge is -2.45. The summed E-state index contributed by atoms with van der Waals surface area (Å²) in [4.78, 5) is 11.9. The van der Waals surface area contributed by atoms with Crippen molar-refractivity contribution in [2.45, 2.75) is 76.9 Å². The second kappa shape index (κ2) is 8.02. The van der Waals surface area contributed by atoms with Crippen molar-refractivity contribution in [2.24, 2.45) is 0 Å². The standard InChI is InChI=1S/C17H30N2O4/c1-5-21-14-10-13(19-16(20)23-17(2,3)4)15(14)18-11-12-8-6-7-9-22-12/h7,9,12-15,18H,5-6,8,10-11H2,1-4H3,(H,19,20). The van der Waals surface area contributed by atoms with Gasteiger partial charge in [0.15, 0.2) is 0 Å². The molecule has 0 aromatic heterocycles. The van der Waals surface area contributed by atoms with E-state index in [1.165, 1.54) is 0 Å². The van der Waals surface area contributed by atoms with Gasteiger partial charge in [-0.2, -0.15) is 0 Å². The first-order valence-electron chi connectivity index (χ1n) is 8.54. The summed E-state index contributed by atoms with van der Waals surface area (Å²) < 4.78 is 16.6. The summed E-state index contributed by atoms with van der Waals surface area (Å²) >= 11 is 0. The van der Waals surface area contributed by atoms with Gasteiger partial charge >= 0.3 is 6.09 Å². The number of hydrogen-bond acceptors (Lipinski definition) is 5. The van der Waals surface area contributed by atoms with Crippen LogP contribution in [0, 0.1) is 0 Å². The summed E-state index contributed by atoms with van der Waals surface area (Å²) in [5, 5.41) is 6.43. The van der Waals surface area contributed by atoms with Crippen LogP contribution in [0.4, 0.5) is 4.79 Å². The van der Waals surface area contributed by atoms with Gasteiger partial charge in [0.05, 0.1) is 24.4 Å². The average Bonchev–Trinajstić information content (AvgIpc) is 2.45. The van der Waals surface area contributed by atoms with Gasteiger partial charge in [0, 0.05) is 13.2 Å². The molecule has 6 heteroatoms. The SMILES string of the molecule is CCOC1CC(NC(=O)OC(C)(C)C)C1NCC1CCC=CO1. The van der Waals surface area contributed by atoms with E-state index in [9.17, 15) is 4.79 Å². The molecule has 23 heavy (non-hydrogen) atoms. The van der Waals surface area contributed by atoms with Crippen molar-refractivity contribution >= 4 is 6.09 Å². The number of carbonyl (C=O) groups is 1. The zero-order chi connectivity index (χ0) is 16.9. The number of hydrogen-bond donors (Lipinski definition) is 2. The molecule has 2 rings (SSSR count). The molecule has 1 heterocycles.